The monoisotopic (exact) mass is 338 g/mol. The fourth-order valence-corrected chi connectivity index (χ4v) is 3.28. The fraction of sp³-hybridized carbons (Fsp3) is 0.455. The SMILES string of the molecule is CC(C)c1ccc(CNC(CN2CCOCC2)c2ccccc2)cc1. The average molecular weight is 338 g/mol. The lowest BCUT2D eigenvalue weighted by atomic mass is 10.0. The molecule has 134 valence electrons. The zero-order valence-electron chi connectivity index (χ0n) is 15.4. The minimum absolute atomic E-state index is 0.337. The lowest BCUT2D eigenvalue weighted by Crippen LogP contribution is -2.41. The van der Waals surface area contributed by atoms with E-state index in [0.29, 0.717) is 12.0 Å². The van der Waals surface area contributed by atoms with Crippen molar-refractivity contribution in [2.24, 2.45) is 0 Å². The summed E-state index contributed by atoms with van der Waals surface area (Å²) in [7, 11) is 0. The lowest BCUT2D eigenvalue weighted by Gasteiger charge is -2.31. The second kappa shape index (κ2) is 9.14. The number of nitrogens with zero attached hydrogens (tertiary/aromatic N) is 1. The van der Waals surface area contributed by atoms with E-state index in [0.717, 1.165) is 39.4 Å². The van der Waals surface area contributed by atoms with Crippen molar-refractivity contribution in [1.29, 1.82) is 0 Å². The summed E-state index contributed by atoms with van der Waals surface area (Å²) in [6, 6.07) is 20.1. The highest BCUT2D eigenvalue weighted by atomic mass is 16.5. The molecule has 1 unspecified atom stereocenters. The Morgan fingerprint density at radius 2 is 1.60 bits per heavy atom. The molecule has 0 spiro atoms. The van der Waals surface area contributed by atoms with Crippen LogP contribution in [0.4, 0.5) is 0 Å². The molecule has 1 N–H and O–H groups in total. The molecule has 2 aromatic carbocycles. The molecule has 1 fully saturated rings. The van der Waals surface area contributed by atoms with E-state index < -0.39 is 0 Å². The van der Waals surface area contributed by atoms with Gasteiger partial charge in [0.2, 0.25) is 0 Å². The van der Waals surface area contributed by atoms with Gasteiger partial charge >= 0.3 is 0 Å². The van der Waals surface area contributed by atoms with Crippen LogP contribution >= 0.6 is 0 Å². The number of ether oxygens (including phenoxy) is 1. The van der Waals surface area contributed by atoms with Crippen LogP contribution in [0.3, 0.4) is 0 Å². The molecular weight excluding hydrogens is 308 g/mol. The van der Waals surface area contributed by atoms with Gasteiger partial charge < -0.3 is 10.1 Å². The molecule has 3 rings (SSSR count). The average Bonchev–Trinajstić information content (AvgIpc) is 2.67. The van der Waals surface area contributed by atoms with Gasteiger partial charge in [0.1, 0.15) is 0 Å². The number of benzene rings is 2. The van der Waals surface area contributed by atoms with Crippen molar-refractivity contribution in [3.05, 3.63) is 71.3 Å². The Morgan fingerprint density at radius 1 is 0.920 bits per heavy atom. The maximum Gasteiger partial charge on any atom is 0.0594 e. The summed E-state index contributed by atoms with van der Waals surface area (Å²) in [6.07, 6.45) is 0. The van der Waals surface area contributed by atoms with Crippen LogP contribution in [0.1, 0.15) is 42.5 Å². The molecule has 0 aromatic heterocycles. The van der Waals surface area contributed by atoms with Crippen molar-refractivity contribution >= 4 is 0 Å². The van der Waals surface area contributed by atoms with Gasteiger partial charge in [0.15, 0.2) is 0 Å². The summed E-state index contributed by atoms with van der Waals surface area (Å²) >= 11 is 0. The van der Waals surface area contributed by atoms with Crippen LogP contribution in [-0.4, -0.2) is 37.7 Å². The number of rotatable bonds is 7. The number of nitrogens with one attached hydrogen (secondary N) is 1. The maximum absolute atomic E-state index is 5.48. The van der Waals surface area contributed by atoms with E-state index in [1.165, 1.54) is 16.7 Å². The molecule has 1 aliphatic heterocycles. The van der Waals surface area contributed by atoms with Crippen LogP contribution in [0.2, 0.25) is 0 Å². The van der Waals surface area contributed by atoms with Gasteiger partial charge in [-0.3, -0.25) is 4.90 Å². The molecule has 1 atom stereocenters. The van der Waals surface area contributed by atoms with Gasteiger partial charge in [-0.05, 0) is 22.6 Å². The van der Waals surface area contributed by atoms with Gasteiger partial charge in [-0.25, -0.2) is 0 Å². The summed E-state index contributed by atoms with van der Waals surface area (Å²) in [4.78, 5) is 2.50. The topological polar surface area (TPSA) is 24.5 Å². The van der Waals surface area contributed by atoms with Gasteiger partial charge in [0.25, 0.3) is 0 Å². The number of hydrogen-bond donors (Lipinski definition) is 1. The van der Waals surface area contributed by atoms with Crippen LogP contribution in [-0.2, 0) is 11.3 Å². The van der Waals surface area contributed by atoms with Crippen LogP contribution in [0.5, 0.6) is 0 Å². The van der Waals surface area contributed by atoms with Crippen molar-refractivity contribution < 1.29 is 4.74 Å². The van der Waals surface area contributed by atoms with Crippen LogP contribution in [0.25, 0.3) is 0 Å². The van der Waals surface area contributed by atoms with E-state index in [1.54, 1.807) is 0 Å². The Bertz CT molecular complexity index is 618. The molecule has 1 aliphatic rings. The first-order chi connectivity index (χ1) is 12.2. The lowest BCUT2D eigenvalue weighted by molar-refractivity contribution is 0.0333. The minimum atomic E-state index is 0.337. The number of morpholine rings is 1. The van der Waals surface area contributed by atoms with E-state index in [-0.39, 0.29) is 0 Å². The van der Waals surface area contributed by atoms with E-state index >= 15 is 0 Å². The largest absolute Gasteiger partial charge is 0.379 e. The standard InChI is InChI=1S/C22H30N2O/c1-18(2)20-10-8-19(9-11-20)16-23-22(21-6-4-3-5-7-21)17-24-12-14-25-15-13-24/h3-11,18,22-23H,12-17H2,1-2H3. The normalized spacial score (nSPS) is 16.9. The third-order valence-electron chi connectivity index (χ3n) is 4.95. The van der Waals surface area contributed by atoms with Crippen molar-refractivity contribution in [3.8, 4) is 0 Å². The van der Waals surface area contributed by atoms with Crippen molar-refractivity contribution in [1.82, 2.24) is 10.2 Å². The van der Waals surface area contributed by atoms with Gasteiger partial charge in [-0.15, -0.1) is 0 Å². The van der Waals surface area contributed by atoms with Crippen LogP contribution < -0.4 is 5.32 Å². The van der Waals surface area contributed by atoms with Crippen molar-refractivity contribution in [2.75, 3.05) is 32.8 Å². The highest BCUT2D eigenvalue weighted by Crippen LogP contribution is 2.18. The van der Waals surface area contributed by atoms with Gasteiger partial charge in [-0.2, -0.15) is 0 Å². The molecule has 1 heterocycles. The predicted octanol–water partition coefficient (Wildman–Crippen LogP) is 3.97. The molecule has 3 nitrogen and oxygen atoms in total. The zero-order chi connectivity index (χ0) is 17.5. The number of hydrogen-bond acceptors (Lipinski definition) is 3. The molecule has 25 heavy (non-hydrogen) atoms. The van der Waals surface area contributed by atoms with Gasteiger partial charge in [0, 0.05) is 32.2 Å². The second-order valence-electron chi connectivity index (χ2n) is 7.15. The Labute approximate surface area is 152 Å². The zero-order valence-corrected chi connectivity index (χ0v) is 15.4. The molecule has 0 amide bonds. The molecular formula is C22H30N2O. The van der Waals surface area contributed by atoms with E-state index in [2.05, 4.69) is 78.7 Å². The summed E-state index contributed by atoms with van der Waals surface area (Å²) in [5, 5.41) is 3.77. The molecule has 1 saturated heterocycles. The summed E-state index contributed by atoms with van der Waals surface area (Å²) in [5.41, 5.74) is 4.09. The Hall–Kier alpha value is -1.68. The summed E-state index contributed by atoms with van der Waals surface area (Å²) in [5.74, 6) is 0.584. The third kappa shape index (κ3) is 5.40. The van der Waals surface area contributed by atoms with E-state index in [1.807, 2.05) is 0 Å². The molecule has 0 radical (unpaired) electrons. The molecule has 0 saturated carbocycles. The predicted molar refractivity (Wildman–Crippen MR) is 104 cm³/mol. The maximum atomic E-state index is 5.48. The van der Waals surface area contributed by atoms with Crippen molar-refractivity contribution in [3.63, 3.8) is 0 Å². The highest BCUT2D eigenvalue weighted by Gasteiger charge is 2.18. The summed E-state index contributed by atoms with van der Waals surface area (Å²) in [6.45, 7) is 10.1. The minimum Gasteiger partial charge on any atom is -0.379 e. The first-order valence-electron chi connectivity index (χ1n) is 9.39. The highest BCUT2D eigenvalue weighted by molar-refractivity contribution is 5.25. The quantitative estimate of drug-likeness (QED) is 0.827. The first-order valence-corrected chi connectivity index (χ1v) is 9.39. The van der Waals surface area contributed by atoms with E-state index in [9.17, 15) is 0 Å². The molecule has 0 bridgehead atoms. The smallest absolute Gasteiger partial charge is 0.0594 e. The summed E-state index contributed by atoms with van der Waals surface area (Å²) < 4.78 is 5.48. The van der Waals surface area contributed by atoms with Crippen molar-refractivity contribution in [2.45, 2.75) is 32.4 Å². The van der Waals surface area contributed by atoms with E-state index in [4.69, 9.17) is 4.74 Å². The van der Waals surface area contributed by atoms with Crippen LogP contribution in [0, 0.1) is 0 Å². The third-order valence-corrected chi connectivity index (χ3v) is 4.95. The Balaban J connectivity index is 1.64. The second-order valence-corrected chi connectivity index (χ2v) is 7.15. The van der Waals surface area contributed by atoms with Gasteiger partial charge in [-0.1, -0.05) is 68.4 Å². The Morgan fingerprint density at radius 3 is 2.24 bits per heavy atom. The fourth-order valence-electron chi connectivity index (χ4n) is 3.28. The van der Waals surface area contributed by atoms with Gasteiger partial charge in [0.05, 0.1) is 13.2 Å². The first kappa shape index (κ1) is 18.1. The molecule has 0 aliphatic carbocycles. The molecule has 3 heteroatoms. The Kier molecular flexibility index (Phi) is 6.62. The van der Waals surface area contributed by atoms with Crippen LogP contribution in [0.15, 0.2) is 54.6 Å². The molecule has 2 aromatic rings.